The number of carbonyl (C=O) groups is 1. The van der Waals surface area contributed by atoms with Gasteiger partial charge in [-0.2, -0.15) is 0 Å². The molecule has 1 aromatic rings. The van der Waals surface area contributed by atoms with E-state index in [0.29, 0.717) is 6.04 Å². The van der Waals surface area contributed by atoms with Gasteiger partial charge in [-0.25, -0.2) is 4.79 Å². The molecule has 4 nitrogen and oxygen atoms in total. The van der Waals surface area contributed by atoms with Crippen molar-refractivity contribution in [3.05, 3.63) is 24.3 Å². The zero-order valence-electron chi connectivity index (χ0n) is 13.3. The highest BCUT2D eigenvalue weighted by Gasteiger charge is 2.54. The molecule has 4 rings (SSSR count). The monoisotopic (exact) mass is 300 g/mol. The lowest BCUT2D eigenvalue weighted by Crippen LogP contribution is -2.49. The smallest absolute Gasteiger partial charge is 0.325 e. The summed E-state index contributed by atoms with van der Waals surface area (Å²) in [5.41, 5.74) is 1.09. The molecule has 0 unspecified atom stereocenters. The van der Waals surface area contributed by atoms with Crippen molar-refractivity contribution in [3.8, 4) is 5.75 Å². The number of urea groups is 1. The van der Waals surface area contributed by atoms with Crippen LogP contribution in [0.1, 0.15) is 44.9 Å². The van der Waals surface area contributed by atoms with Crippen LogP contribution in [0.2, 0.25) is 0 Å². The third-order valence-electron chi connectivity index (χ3n) is 5.48. The van der Waals surface area contributed by atoms with Gasteiger partial charge < -0.3 is 9.64 Å². The Morgan fingerprint density at radius 3 is 2.36 bits per heavy atom. The Kier molecular flexibility index (Phi) is 3.28. The van der Waals surface area contributed by atoms with E-state index >= 15 is 0 Å². The minimum Gasteiger partial charge on any atom is -0.497 e. The molecule has 1 spiro atoms. The zero-order valence-corrected chi connectivity index (χ0v) is 13.3. The van der Waals surface area contributed by atoms with Gasteiger partial charge in [0.2, 0.25) is 0 Å². The van der Waals surface area contributed by atoms with Crippen LogP contribution >= 0.6 is 0 Å². The van der Waals surface area contributed by atoms with Crippen LogP contribution in [-0.4, -0.2) is 36.2 Å². The highest BCUT2D eigenvalue weighted by molar-refractivity contribution is 5.96. The molecule has 0 aromatic heterocycles. The maximum Gasteiger partial charge on any atom is 0.325 e. The van der Waals surface area contributed by atoms with E-state index < -0.39 is 0 Å². The van der Waals surface area contributed by atoms with E-state index in [2.05, 4.69) is 4.90 Å². The first kappa shape index (κ1) is 13.9. The summed E-state index contributed by atoms with van der Waals surface area (Å²) in [5.74, 6) is 0.835. The molecule has 0 bridgehead atoms. The Balaban J connectivity index is 1.64. The summed E-state index contributed by atoms with van der Waals surface area (Å²) in [6.45, 7) is 0.856. The van der Waals surface area contributed by atoms with Crippen LogP contribution in [0.25, 0.3) is 0 Å². The number of rotatable bonds is 3. The molecule has 22 heavy (non-hydrogen) atoms. The Morgan fingerprint density at radius 2 is 1.77 bits per heavy atom. The summed E-state index contributed by atoms with van der Waals surface area (Å²) in [6, 6.07) is 8.60. The van der Waals surface area contributed by atoms with Crippen molar-refractivity contribution in [3.63, 3.8) is 0 Å². The summed E-state index contributed by atoms with van der Waals surface area (Å²) in [5, 5.41) is 0. The SMILES string of the molecule is COc1ccc(N2CC3(CCCCC3)N(C3CC3)C2=O)cc1. The molecule has 0 atom stereocenters. The summed E-state index contributed by atoms with van der Waals surface area (Å²) in [7, 11) is 1.67. The first-order chi connectivity index (χ1) is 10.7. The van der Waals surface area contributed by atoms with Gasteiger partial charge in [0.15, 0.2) is 0 Å². The molecule has 3 aliphatic rings. The first-order valence-electron chi connectivity index (χ1n) is 8.48. The fraction of sp³-hybridized carbons (Fsp3) is 0.611. The largest absolute Gasteiger partial charge is 0.497 e. The second-order valence-electron chi connectivity index (χ2n) is 6.95. The maximum atomic E-state index is 13.0. The van der Waals surface area contributed by atoms with Crippen molar-refractivity contribution in [2.45, 2.75) is 56.5 Å². The number of ether oxygens (including phenoxy) is 1. The molecule has 1 heterocycles. The van der Waals surface area contributed by atoms with Gasteiger partial charge in [0.25, 0.3) is 0 Å². The molecule has 4 heteroatoms. The number of amides is 2. The number of benzene rings is 1. The van der Waals surface area contributed by atoms with E-state index in [0.717, 1.165) is 18.0 Å². The van der Waals surface area contributed by atoms with Crippen molar-refractivity contribution in [1.82, 2.24) is 4.90 Å². The summed E-state index contributed by atoms with van der Waals surface area (Å²) < 4.78 is 5.22. The fourth-order valence-electron chi connectivity index (χ4n) is 4.22. The summed E-state index contributed by atoms with van der Waals surface area (Å²) in [4.78, 5) is 17.3. The standard InChI is InChI=1S/C18H24N2O2/c1-22-16-9-7-14(8-10-16)19-13-18(11-3-2-4-12-18)20(17(19)21)15-5-6-15/h7-10,15H,2-6,11-13H2,1H3. The minimum absolute atomic E-state index is 0.0937. The molecule has 0 radical (unpaired) electrons. The molecule has 3 fully saturated rings. The van der Waals surface area contributed by atoms with E-state index in [9.17, 15) is 4.79 Å². The van der Waals surface area contributed by atoms with Gasteiger partial charge in [-0.15, -0.1) is 0 Å². The molecule has 2 aliphatic carbocycles. The third kappa shape index (κ3) is 2.16. The van der Waals surface area contributed by atoms with E-state index in [-0.39, 0.29) is 11.6 Å². The number of anilines is 1. The quantitative estimate of drug-likeness (QED) is 0.850. The average molecular weight is 300 g/mol. The number of carbonyl (C=O) groups excluding carboxylic acids is 1. The van der Waals surface area contributed by atoms with Crippen LogP contribution in [0.5, 0.6) is 5.75 Å². The second-order valence-corrected chi connectivity index (χ2v) is 6.95. The van der Waals surface area contributed by atoms with Gasteiger partial charge in [-0.3, -0.25) is 4.90 Å². The minimum atomic E-state index is 0.0937. The normalized spacial score (nSPS) is 24.1. The average Bonchev–Trinajstić information content (AvgIpc) is 3.35. The summed E-state index contributed by atoms with van der Waals surface area (Å²) in [6.07, 6.45) is 8.54. The Labute approximate surface area is 132 Å². The topological polar surface area (TPSA) is 32.8 Å². The van der Waals surface area contributed by atoms with Crippen LogP contribution in [0, 0.1) is 0 Å². The van der Waals surface area contributed by atoms with Crippen LogP contribution in [0.3, 0.4) is 0 Å². The van der Waals surface area contributed by atoms with Crippen LogP contribution in [0.15, 0.2) is 24.3 Å². The van der Waals surface area contributed by atoms with Crippen molar-refractivity contribution in [2.24, 2.45) is 0 Å². The second kappa shape index (κ2) is 5.18. The van der Waals surface area contributed by atoms with Crippen LogP contribution in [0.4, 0.5) is 10.5 Å². The van der Waals surface area contributed by atoms with Gasteiger partial charge in [0.1, 0.15) is 5.75 Å². The molecule has 1 aromatic carbocycles. The lowest BCUT2D eigenvalue weighted by molar-refractivity contribution is 0.113. The maximum absolute atomic E-state index is 13.0. The zero-order chi connectivity index (χ0) is 15.2. The number of hydrogen-bond donors (Lipinski definition) is 0. The van der Waals surface area contributed by atoms with Gasteiger partial charge >= 0.3 is 6.03 Å². The molecule has 2 amide bonds. The lowest BCUT2D eigenvalue weighted by atomic mass is 9.81. The van der Waals surface area contributed by atoms with Crippen LogP contribution < -0.4 is 9.64 Å². The first-order valence-corrected chi connectivity index (χ1v) is 8.48. The highest BCUT2D eigenvalue weighted by Crippen LogP contribution is 2.46. The summed E-state index contributed by atoms with van der Waals surface area (Å²) >= 11 is 0. The van der Waals surface area contributed by atoms with Crippen molar-refractivity contribution in [1.29, 1.82) is 0 Å². The van der Waals surface area contributed by atoms with E-state index in [1.807, 2.05) is 29.2 Å². The van der Waals surface area contributed by atoms with Crippen LogP contribution in [-0.2, 0) is 0 Å². The van der Waals surface area contributed by atoms with Gasteiger partial charge in [-0.05, 0) is 49.9 Å². The number of nitrogens with zero attached hydrogens (tertiary/aromatic N) is 2. The molecule has 1 saturated heterocycles. The predicted octanol–water partition coefficient (Wildman–Crippen LogP) is 3.80. The number of hydrogen-bond acceptors (Lipinski definition) is 2. The molecule has 1 aliphatic heterocycles. The van der Waals surface area contributed by atoms with Crippen molar-refractivity contribution >= 4 is 11.7 Å². The van der Waals surface area contributed by atoms with Gasteiger partial charge in [0.05, 0.1) is 19.2 Å². The van der Waals surface area contributed by atoms with E-state index in [1.165, 1.54) is 44.9 Å². The van der Waals surface area contributed by atoms with E-state index in [4.69, 9.17) is 4.74 Å². The predicted molar refractivity (Wildman–Crippen MR) is 86.4 cm³/mol. The molecule has 118 valence electrons. The fourth-order valence-corrected chi connectivity index (χ4v) is 4.22. The molecule has 2 saturated carbocycles. The Hall–Kier alpha value is -1.71. The van der Waals surface area contributed by atoms with Crippen molar-refractivity contribution < 1.29 is 9.53 Å². The van der Waals surface area contributed by atoms with E-state index in [1.54, 1.807) is 7.11 Å². The Morgan fingerprint density at radius 1 is 1.09 bits per heavy atom. The highest BCUT2D eigenvalue weighted by atomic mass is 16.5. The van der Waals surface area contributed by atoms with Gasteiger partial charge in [0, 0.05) is 11.7 Å². The molecular weight excluding hydrogens is 276 g/mol. The molecule has 0 N–H and O–H groups in total. The third-order valence-corrected chi connectivity index (χ3v) is 5.48. The number of methoxy groups -OCH3 is 1. The van der Waals surface area contributed by atoms with Crippen molar-refractivity contribution in [2.75, 3.05) is 18.6 Å². The van der Waals surface area contributed by atoms with Gasteiger partial charge in [-0.1, -0.05) is 19.3 Å². The molecular formula is C18H24N2O2. The Bertz CT molecular complexity index is 559. The lowest BCUT2D eigenvalue weighted by Gasteiger charge is -2.40.